The summed E-state index contributed by atoms with van der Waals surface area (Å²) >= 11 is 1.50. The van der Waals surface area contributed by atoms with Crippen LogP contribution >= 0.6 is 11.8 Å². The molecule has 1 aliphatic rings. The predicted octanol–water partition coefficient (Wildman–Crippen LogP) is 4.31. The van der Waals surface area contributed by atoms with Gasteiger partial charge in [-0.25, -0.2) is 0 Å². The summed E-state index contributed by atoms with van der Waals surface area (Å²) in [7, 11) is 4.02. The molecule has 146 valence electrons. The molecule has 1 heterocycles. The fourth-order valence-electron chi connectivity index (χ4n) is 2.95. The molecule has 0 aliphatic carbocycles. The number of thioether (sulfide) groups is 1. The number of nitrogens with zero attached hydrogens (tertiary/aromatic N) is 4. The van der Waals surface area contributed by atoms with Crippen molar-refractivity contribution in [1.29, 1.82) is 0 Å². The first-order chi connectivity index (χ1) is 13.5. The van der Waals surface area contributed by atoms with Gasteiger partial charge in [-0.1, -0.05) is 55.1 Å². The fraction of sp³-hybridized carbons (Fsp3) is 0.318. The molecule has 5 nitrogen and oxygen atoms in total. The van der Waals surface area contributed by atoms with Gasteiger partial charge in [0.05, 0.1) is 18.0 Å². The van der Waals surface area contributed by atoms with Crippen molar-refractivity contribution in [2.75, 3.05) is 19.0 Å². The second kappa shape index (κ2) is 9.06. The summed E-state index contributed by atoms with van der Waals surface area (Å²) in [6, 6.07) is 16.2. The third-order valence-electron chi connectivity index (χ3n) is 4.74. The highest BCUT2D eigenvalue weighted by atomic mass is 32.2. The van der Waals surface area contributed by atoms with Crippen molar-refractivity contribution < 1.29 is 4.79 Å². The number of hydrogen-bond donors (Lipinski definition) is 0. The van der Waals surface area contributed by atoms with Crippen LogP contribution in [-0.2, 0) is 11.3 Å². The van der Waals surface area contributed by atoms with E-state index >= 15 is 0 Å². The number of carbonyl (C=O) groups is 1. The Balaban J connectivity index is 1.78. The summed E-state index contributed by atoms with van der Waals surface area (Å²) in [6.07, 6.45) is 2.51. The highest BCUT2D eigenvalue weighted by Crippen LogP contribution is 2.31. The molecule has 0 bridgehead atoms. The number of carbonyl (C=O) groups excluding carboxylic acids is 1. The maximum Gasteiger partial charge on any atom is 0.242 e. The van der Waals surface area contributed by atoms with Crippen LogP contribution in [-0.4, -0.2) is 41.5 Å². The topological polar surface area (TPSA) is 48.3 Å². The van der Waals surface area contributed by atoms with Gasteiger partial charge in [0.1, 0.15) is 0 Å². The lowest BCUT2D eigenvalue weighted by Crippen LogP contribution is -2.31. The van der Waals surface area contributed by atoms with Gasteiger partial charge in [-0.2, -0.15) is 5.10 Å². The molecule has 1 aliphatic heterocycles. The maximum absolute atomic E-state index is 12.8. The van der Waals surface area contributed by atoms with E-state index in [1.807, 2.05) is 57.4 Å². The molecule has 1 fully saturated rings. The van der Waals surface area contributed by atoms with E-state index in [0.29, 0.717) is 11.7 Å². The van der Waals surface area contributed by atoms with Gasteiger partial charge in [0.25, 0.3) is 0 Å². The molecular formula is C22H26N4OS. The Hall–Kier alpha value is -2.60. The maximum atomic E-state index is 12.8. The standard InChI is InChI=1S/C22H26N4OS/c1-5-20-21(27)26(15-18-9-7-6-8-16(18)2)22(28-20)24-23-14-17-10-12-19(13-11-17)25(3)4/h6-14,20H,5,15H2,1-4H3/b23-14-,24-22-/t20-/m1/s1. The van der Waals surface area contributed by atoms with Crippen molar-refractivity contribution in [3.63, 3.8) is 0 Å². The lowest BCUT2D eigenvalue weighted by atomic mass is 10.1. The highest BCUT2D eigenvalue weighted by molar-refractivity contribution is 8.15. The third-order valence-corrected chi connectivity index (χ3v) is 6.07. The second-order valence-corrected chi connectivity index (χ2v) is 8.15. The summed E-state index contributed by atoms with van der Waals surface area (Å²) in [6.45, 7) is 4.62. The minimum Gasteiger partial charge on any atom is -0.378 e. The third kappa shape index (κ3) is 4.62. The molecule has 0 radical (unpaired) electrons. The van der Waals surface area contributed by atoms with Gasteiger partial charge in [0.15, 0.2) is 5.17 Å². The molecule has 0 saturated carbocycles. The van der Waals surface area contributed by atoms with Gasteiger partial charge in [-0.15, -0.1) is 5.10 Å². The van der Waals surface area contributed by atoms with E-state index < -0.39 is 0 Å². The average Bonchev–Trinajstić information content (AvgIpc) is 2.99. The van der Waals surface area contributed by atoms with Crippen LogP contribution in [0.5, 0.6) is 0 Å². The van der Waals surface area contributed by atoms with Crippen LogP contribution in [0.1, 0.15) is 30.0 Å². The molecule has 28 heavy (non-hydrogen) atoms. The van der Waals surface area contributed by atoms with Gasteiger partial charge in [0, 0.05) is 19.8 Å². The van der Waals surface area contributed by atoms with Crippen molar-refractivity contribution in [3.05, 3.63) is 65.2 Å². The van der Waals surface area contributed by atoms with E-state index in [4.69, 9.17) is 0 Å². The zero-order valence-electron chi connectivity index (χ0n) is 16.8. The van der Waals surface area contributed by atoms with Gasteiger partial charge in [0.2, 0.25) is 5.91 Å². The Morgan fingerprint density at radius 2 is 1.86 bits per heavy atom. The number of aryl methyl sites for hydroxylation is 1. The first-order valence-electron chi connectivity index (χ1n) is 9.40. The molecule has 0 spiro atoms. The van der Waals surface area contributed by atoms with Crippen molar-refractivity contribution in [2.24, 2.45) is 10.2 Å². The molecule has 2 aromatic rings. The zero-order valence-corrected chi connectivity index (χ0v) is 17.6. The number of amides is 1. The fourth-order valence-corrected chi connectivity index (χ4v) is 3.98. The van der Waals surface area contributed by atoms with Crippen LogP contribution in [0, 0.1) is 6.92 Å². The summed E-state index contributed by atoms with van der Waals surface area (Å²) < 4.78 is 0. The smallest absolute Gasteiger partial charge is 0.242 e. The summed E-state index contributed by atoms with van der Waals surface area (Å²) in [5.74, 6) is 0.111. The summed E-state index contributed by atoms with van der Waals surface area (Å²) in [5, 5.41) is 9.21. The minimum atomic E-state index is -0.0858. The molecule has 0 N–H and O–H groups in total. The lowest BCUT2D eigenvalue weighted by Gasteiger charge is -2.17. The molecule has 1 atom stereocenters. The molecule has 0 unspecified atom stereocenters. The lowest BCUT2D eigenvalue weighted by molar-refractivity contribution is -0.126. The van der Waals surface area contributed by atoms with E-state index in [1.54, 1.807) is 11.1 Å². The number of hydrogen-bond acceptors (Lipinski definition) is 5. The van der Waals surface area contributed by atoms with E-state index in [2.05, 4.69) is 34.2 Å². The van der Waals surface area contributed by atoms with E-state index in [9.17, 15) is 4.79 Å². The van der Waals surface area contributed by atoms with Crippen LogP contribution in [0.3, 0.4) is 0 Å². The van der Waals surface area contributed by atoms with Crippen molar-refractivity contribution in [2.45, 2.75) is 32.1 Å². The Kier molecular flexibility index (Phi) is 6.52. The van der Waals surface area contributed by atoms with E-state index in [-0.39, 0.29) is 11.2 Å². The van der Waals surface area contributed by atoms with Crippen molar-refractivity contribution in [3.8, 4) is 0 Å². The molecule has 1 saturated heterocycles. The van der Waals surface area contributed by atoms with Crippen LogP contribution in [0.15, 0.2) is 58.7 Å². The Morgan fingerprint density at radius 3 is 2.50 bits per heavy atom. The van der Waals surface area contributed by atoms with Gasteiger partial charge < -0.3 is 4.90 Å². The predicted molar refractivity (Wildman–Crippen MR) is 119 cm³/mol. The number of benzene rings is 2. The Labute approximate surface area is 171 Å². The second-order valence-electron chi connectivity index (χ2n) is 6.98. The first-order valence-corrected chi connectivity index (χ1v) is 10.3. The number of rotatable bonds is 6. The molecule has 0 aromatic heterocycles. The van der Waals surface area contributed by atoms with Gasteiger partial charge in [-0.3, -0.25) is 9.69 Å². The molecule has 2 aromatic carbocycles. The van der Waals surface area contributed by atoms with Crippen LogP contribution in [0.25, 0.3) is 0 Å². The molecular weight excluding hydrogens is 368 g/mol. The van der Waals surface area contributed by atoms with E-state index in [1.165, 1.54) is 17.3 Å². The Bertz CT molecular complexity index is 890. The van der Waals surface area contributed by atoms with Gasteiger partial charge >= 0.3 is 0 Å². The first kappa shape index (κ1) is 20.1. The number of anilines is 1. The van der Waals surface area contributed by atoms with Crippen LogP contribution in [0.2, 0.25) is 0 Å². The van der Waals surface area contributed by atoms with Crippen molar-refractivity contribution in [1.82, 2.24) is 4.90 Å². The van der Waals surface area contributed by atoms with Crippen LogP contribution < -0.4 is 4.90 Å². The Morgan fingerprint density at radius 1 is 1.14 bits per heavy atom. The van der Waals surface area contributed by atoms with E-state index in [0.717, 1.165) is 23.2 Å². The molecule has 1 amide bonds. The number of amidine groups is 1. The minimum absolute atomic E-state index is 0.0858. The summed E-state index contributed by atoms with van der Waals surface area (Å²) in [4.78, 5) is 16.6. The molecule has 3 rings (SSSR count). The summed E-state index contributed by atoms with van der Waals surface area (Å²) in [5.41, 5.74) is 4.41. The van der Waals surface area contributed by atoms with Gasteiger partial charge in [-0.05, 0) is 42.2 Å². The quantitative estimate of drug-likeness (QED) is 0.542. The largest absolute Gasteiger partial charge is 0.378 e. The van der Waals surface area contributed by atoms with Crippen LogP contribution in [0.4, 0.5) is 5.69 Å². The monoisotopic (exact) mass is 394 g/mol. The highest BCUT2D eigenvalue weighted by Gasteiger charge is 2.37. The average molecular weight is 395 g/mol. The van der Waals surface area contributed by atoms with Crippen molar-refractivity contribution >= 4 is 34.7 Å². The normalized spacial score (nSPS) is 18.4. The molecule has 6 heteroatoms. The zero-order chi connectivity index (χ0) is 20.1. The SMILES string of the molecule is CC[C@H]1S/C(=N\N=C/c2ccc(N(C)C)cc2)N(Cc2ccccc2C)C1=O.